The minimum absolute atomic E-state index is 0.133. The standard InChI is InChI=1S/C13H13F3N2S/c1-2-18-11(5-8-6-17-7-19-8)9-3-4-10(14)13(16)12(9)15/h3-4,6-7,11,18H,2,5H2,1H3. The zero-order valence-electron chi connectivity index (χ0n) is 10.3. The van der Waals surface area contributed by atoms with Gasteiger partial charge in [-0.25, -0.2) is 13.2 Å². The maximum atomic E-state index is 13.8. The summed E-state index contributed by atoms with van der Waals surface area (Å²) in [4.78, 5) is 4.90. The highest BCUT2D eigenvalue weighted by Gasteiger charge is 2.21. The van der Waals surface area contributed by atoms with E-state index in [9.17, 15) is 13.2 Å². The molecule has 1 N–H and O–H groups in total. The molecule has 0 fully saturated rings. The van der Waals surface area contributed by atoms with Gasteiger partial charge in [-0.2, -0.15) is 0 Å². The number of nitrogens with zero attached hydrogens (tertiary/aromatic N) is 1. The number of hydrogen-bond donors (Lipinski definition) is 1. The summed E-state index contributed by atoms with van der Waals surface area (Å²) in [6.07, 6.45) is 2.17. The lowest BCUT2D eigenvalue weighted by atomic mass is 10.0. The van der Waals surface area contributed by atoms with Crippen molar-refractivity contribution in [2.75, 3.05) is 6.54 Å². The molecular formula is C13H13F3N2S. The van der Waals surface area contributed by atoms with Crippen LogP contribution in [0.2, 0.25) is 0 Å². The Kier molecular flexibility index (Phi) is 4.55. The van der Waals surface area contributed by atoms with Crippen LogP contribution in [0.15, 0.2) is 23.8 Å². The number of hydrogen-bond acceptors (Lipinski definition) is 3. The SMILES string of the molecule is CCNC(Cc1cncs1)c1ccc(F)c(F)c1F. The van der Waals surface area contributed by atoms with Crippen LogP contribution < -0.4 is 5.32 Å². The molecule has 1 atom stereocenters. The molecule has 19 heavy (non-hydrogen) atoms. The van der Waals surface area contributed by atoms with Crippen molar-refractivity contribution in [3.63, 3.8) is 0 Å². The van der Waals surface area contributed by atoms with Crippen molar-refractivity contribution in [1.82, 2.24) is 10.3 Å². The molecule has 0 aliphatic heterocycles. The van der Waals surface area contributed by atoms with Gasteiger partial charge in [-0.15, -0.1) is 11.3 Å². The zero-order chi connectivity index (χ0) is 13.8. The number of rotatable bonds is 5. The monoisotopic (exact) mass is 286 g/mol. The molecule has 0 saturated heterocycles. The van der Waals surface area contributed by atoms with Crippen LogP contribution in [-0.4, -0.2) is 11.5 Å². The molecule has 1 aromatic carbocycles. The van der Waals surface area contributed by atoms with Crippen LogP contribution in [0.3, 0.4) is 0 Å². The molecule has 1 unspecified atom stereocenters. The first-order chi connectivity index (χ1) is 9.13. The molecule has 0 spiro atoms. The summed E-state index contributed by atoms with van der Waals surface area (Å²) in [6, 6.07) is 1.83. The van der Waals surface area contributed by atoms with E-state index < -0.39 is 23.5 Å². The van der Waals surface area contributed by atoms with Crippen molar-refractivity contribution in [3.8, 4) is 0 Å². The fourth-order valence-corrected chi connectivity index (χ4v) is 2.53. The van der Waals surface area contributed by atoms with Gasteiger partial charge in [0.1, 0.15) is 0 Å². The molecular weight excluding hydrogens is 273 g/mol. The van der Waals surface area contributed by atoms with Crippen LogP contribution in [0, 0.1) is 17.5 Å². The van der Waals surface area contributed by atoms with E-state index in [-0.39, 0.29) is 5.56 Å². The fourth-order valence-electron chi connectivity index (χ4n) is 1.89. The highest BCUT2D eigenvalue weighted by molar-refractivity contribution is 7.09. The largest absolute Gasteiger partial charge is 0.310 e. The Hall–Kier alpha value is -1.40. The number of likely N-dealkylation sites (N-methyl/N-ethyl adjacent to an activating group) is 1. The third kappa shape index (κ3) is 3.13. The lowest BCUT2D eigenvalue weighted by molar-refractivity contribution is 0.425. The van der Waals surface area contributed by atoms with Crippen molar-refractivity contribution < 1.29 is 13.2 Å². The van der Waals surface area contributed by atoms with E-state index in [0.29, 0.717) is 13.0 Å². The first-order valence-corrected chi connectivity index (χ1v) is 6.75. The third-order valence-corrected chi connectivity index (χ3v) is 3.58. The Bertz CT molecular complexity index is 543. The minimum atomic E-state index is -1.43. The predicted molar refractivity (Wildman–Crippen MR) is 68.6 cm³/mol. The van der Waals surface area contributed by atoms with Crippen LogP contribution in [0.1, 0.15) is 23.4 Å². The van der Waals surface area contributed by atoms with Crippen molar-refractivity contribution in [1.29, 1.82) is 0 Å². The quantitative estimate of drug-likeness (QED) is 0.852. The Morgan fingerprint density at radius 2 is 2.05 bits per heavy atom. The molecule has 102 valence electrons. The van der Waals surface area contributed by atoms with Gasteiger partial charge in [0.05, 0.1) is 5.51 Å². The first kappa shape index (κ1) is 14.0. The summed E-state index contributed by atoms with van der Waals surface area (Å²) >= 11 is 1.44. The third-order valence-electron chi connectivity index (χ3n) is 2.78. The summed E-state index contributed by atoms with van der Waals surface area (Å²) < 4.78 is 40.0. The minimum Gasteiger partial charge on any atom is -0.310 e. The van der Waals surface area contributed by atoms with Crippen LogP contribution >= 0.6 is 11.3 Å². The molecule has 0 amide bonds. The molecule has 1 heterocycles. The van der Waals surface area contributed by atoms with Crippen LogP contribution in [-0.2, 0) is 6.42 Å². The van der Waals surface area contributed by atoms with E-state index in [2.05, 4.69) is 10.3 Å². The van der Waals surface area contributed by atoms with E-state index >= 15 is 0 Å². The smallest absolute Gasteiger partial charge is 0.194 e. The first-order valence-electron chi connectivity index (χ1n) is 5.87. The van der Waals surface area contributed by atoms with Gasteiger partial charge in [-0.05, 0) is 12.6 Å². The number of halogens is 3. The van der Waals surface area contributed by atoms with Gasteiger partial charge in [-0.3, -0.25) is 4.98 Å². The normalized spacial score (nSPS) is 12.6. The summed E-state index contributed by atoms with van der Waals surface area (Å²) in [6.45, 7) is 2.47. The van der Waals surface area contributed by atoms with Crippen LogP contribution in [0.4, 0.5) is 13.2 Å². The van der Waals surface area contributed by atoms with Gasteiger partial charge >= 0.3 is 0 Å². The van der Waals surface area contributed by atoms with Crippen molar-refractivity contribution >= 4 is 11.3 Å². The molecule has 0 aliphatic carbocycles. The second-order valence-corrected chi connectivity index (χ2v) is 5.02. The summed E-state index contributed by atoms with van der Waals surface area (Å²) in [5, 5.41) is 3.07. The van der Waals surface area contributed by atoms with Crippen molar-refractivity contribution in [3.05, 3.63) is 51.7 Å². The van der Waals surface area contributed by atoms with Gasteiger partial charge in [0.25, 0.3) is 0 Å². The molecule has 0 aliphatic rings. The van der Waals surface area contributed by atoms with E-state index in [1.165, 1.54) is 17.4 Å². The number of nitrogens with one attached hydrogen (secondary N) is 1. The lowest BCUT2D eigenvalue weighted by Crippen LogP contribution is -2.24. The molecule has 0 radical (unpaired) electrons. The Morgan fingerprint density at radius 1 is 1.26 bits per heavy atom. The highest BCUT2D eigenvalue weighted by atomic mass is 32.1. The summed E-state index contributed by atoms with van der Waals surface area (Å²) in [5.74, 6) is -3.73. The van der Waals surface area contributed by atoms with Crippen LogP contribution in [0.25, 0.3) is 0 Å². The van der Waals surface area contributed by atoms with Gasteiger partial charge in [-0.1, -0.05) is 13.0 Å². The number of aromatic nitrogens is 1. The maximum Gasteiger partial charge on any atom is 0.194 e. The molecule has 0 saturated carbocycles. The molecule has 2 rings (SSSR count). The van der Waals surface area contributed by atoms with E-state index in [1.54, 1.807) is 11.7 Å². The average molecular weight is 286 g/mol. The van der Waals surface area contributed by atoms with Gasteiger partial charge in [0.15, 0.2) is 17.5 Å². The van der Waals surface area contributed by atoms with E-state index in [1.807, 2.05) is 6.92 Å². The predicted octanol–water partition coefficient (Wildman–Crippen LogP) is 3.45. The molecule has 6 heteroatoms. The van der Waals surface area contributed by atoms with Gasteiger partial charge in [0, 0.05) is 29.1 Å². The molecule has 2 nitrogen and oxygen atoms in total. The van der Waals surface area contributed by atoms with Crippen molar-refractivity contribution in [2.24, 2.45) is 0 Å². The number of thiazole rings is 1. The van der Waals surface area contributed by atoms with Crippen molar-refractivity contribution in [2.45, 2.75) is 19.4 Å². The van der Waals surface area contributed by atoms with E-state index in [4.69, 9.17) is 0 Å². The second-order valence-electron chi connectivity index (χ2n) is 4.05. The summed E-state index contributed by atoms with van der Waals surface area (Å²) in [7, 11) is 0. The Balaban J connectivity index is 2.31. The van der Waals surface area contributed by atoms with Gasteiger partial charge < -0.3 is 5.32 Å². The molecule has 0 bridgehead atoms. The molecule has 1 aromatic heterocycles. The zero-order valence-corrected chi connectivity index (χ0v) is 11.1. The lowest BCUT2D eigenvalue weighted by Gasteiger charge is -2.18. The Morgan fingerprint density at radius 3 is 2.68 bits per heavy atom. The summed E-state index contributed by atoms with van der Waals surface area (Å²) in [5.41, 5.74) is 1.81. The topological polar surface area (TPSA) is 24.9 Å². The Labute approximate surface area is 113 Å². The second kappa shape index (κ2) is 6.16. The average Bonchev–Trinajstić information content (AvgIpc) is 2.89. The maximum absolute atomic E-state index is 13.8. The van der Waals surface area contributed by atoms with Gasteiger partial charge in [0.2, 0.25) is 0 Å². The fraction of sp³-hybridized carbons (Fsp3) is 0.308. The van der Waals surface area contributed by atoms with Crippen LogP contribution in [0.5, 0.6) is 0 Å². The van der Waals surface area contributed by atoms with E-state index in [0.717, 1.165) is 10.9 Å². The molecule has 2 aromatic rings. The number of benzene rings is 1. The highest BCUT2D eigenvalue weighted by Crippen LogP contribution is 2.25.